The second-order valence-corrected chi connectivity index (χ2v) is 5.69. The number of esters is 1. The van der Waals surface area contributed by atoms with Gasteiger partial charge >= 0.3 is 5.97 Å². The number of hydrogen-bond donors (Lipinski definition) is 0. The van der Waals surface area contributed by atoms with Crippen molar-refractivity contribution in [2.75, 3.05) is 0 Å². The van der Waals surface area contributed by atoms with E-state index in [-0.39, 0.29) is 12.1 Å². The maximum atomic E-state index is 11.7. The standard InChI is InChI=1S/C16H26O2/c1-5-6-7-8-16(17)18-15-11-13(4)9-10-14(15)12(2)3/h5-8,12-15H,9-11H2,1-4H3/b6-5+,8-7+. The average molecular weight is 250 g/mol. The zero-order chi connectivity index (χ0) is 13.5. The van der Waals surface area contributed by atoms with Crippen molar-refractivity contribution in [2.45, 2.75) is 53.1 Å². The first-order chi connectivity index (χ1) is 8.54. The van der Waals surface area contributed by atoms with Crippen molar-refractivity contribution < 1.29 is 9.53 Å². The largest absolute Gasteiger partial charge is 0.459 e. The molecule has 2 nitrogen and oxygen atoms in total. The van der Waals surface area contributed by atoms with E-state index >= 15 is 0 Å². The van der Waals surface area contributed by atoms with Gasteiger partial charge in [0.05, 0.1) is 0 Å². The van der Waals surface area contributed by atoms with Crippen LogP contribution in [0.15, 0.2) is 24.3 Å². The van der Waals surface area contributed by atoms with E-state index in [1.54, 1.807) is 6.08 Å². The topological polar surface area (TPSA) is 26.3 Å². The van der Waals surface area contributed by atoms with E-state index in [1.165, 1.54) is 18.9 Å². The molecule has 0 N–H and O–H groups in total. The molecule has 0 aromatic heterocycles. The average Bonchev–Trinajstić information content (AvgIpc) is 2.29. The van der Waals surface area contributed by atoms with E-state index in [4.69, 9.17) is 4.74 Å². The number of hydrogen-bond acceptors (Lipinski definition) is 2. The number of ether oxygens (including phenoxy) is 1. The Hall–Kier alpha value is -1.05. The fourth-order valence-electron chi connectivity index (χ4n) is 2.68. The third-order valence-corrected chi connectivity index (χ3v) is 3.76. The number of carbonyl (C=O) groups excluding carboxylic acids is 1. The quantitative estimate of drug-likeness (QED) is 0.426. The van der Waals surface area contributed by atoms with E-state index in [9.17, 15) is 4.79 Å². The van der Waals surface area contributed by atoms with Gasteiger partial charge in [-0.25, -0.2) is 4.79 Å². The van der Waals surface area contributed by atoms with Crippen LogP contribution in [-0.2, 0) is 9.53 Å². The first kappa shape index (κ1) is 15.0. The van der Waals surface area contributed by atoms with Gasteiger partial charge in [0.15, 0.2) is 0 Å². The molecule has 18 heavy (non-hydrogen) atoms. The maximum absolute atomic E-state index is 11.7. The second kappa shape index (κ2) is 7.40. The minimum absolute atomic E-state index is 0.0940. The maximum Gasteiger partial charge on any atom is 0.331 e. The molecule has 3 unspecified atom stereocenters. The molecule has 1 aliphatic carbocycles. The van der Waals surface area contributed by atoms with Gasteiger partial charge in [0.2, 0.25) is 0 Å². The molecule has 0 aromatic rings. The smallest absolute Gasteiger partial charge is 0.331 e. The Labute approximate surface area is 111 Å². The highest BCUT2D eigenvalue weighted by Crippen LogP contribution is 2.35. The monoisotopic (exact) mass is 250 g/mol. The molecule has 1 saturated carbocycles. The summed E-state index contributed by atoms with van der Waals surface area (Å²) in [4.78, 5) is 11.7. The normalized spacial score (nSPS) is 29.3. The fourth-order valence-corrected chi connectivity index (χ4v) is 2.68. The van der Waals surface area contributed by atoms with Crippen LogP contribution in [0.4, 0.5) is 0 Å². The molecule has 1 rings (SSSR count). The lowest BCUT2D eigenvalue weighted by molar-refractivity contribution is -0.149. The van der Waals surface area contributed by atoms with Crippen LogP contribution in [0.5, 0.6) is 0 Å². The highest BCUT2D eigenvalue weighted by molar-refractivity contribution is 5.82. The van der Waals surface area contributed by atoms with Gasteiger partial charge in [-0.15, -0.1) is 0 Å². The zero-order valence-corrected chi connectivity index (χ0v) is 12.1. The van der Waals surface area contributed by atoms with Crippen LogP contribution in [0, 0.1) is 17.8 Å². The molecule has 0 bridgehead atoms. The summed E-state index contributed by atoms with van der Waals surface area (Å²) in [6, 6.07) is 0. The lowest BCUT2D eigenvalue weighted by Gasteiger charge is -2.36. The fraction of sp³-hybridized carbons (Fsp3) is 0.688. The third-order valence-electron chi connectivity index (χ3n) is 3.76. The van der Waals surface area contributed by atoms with Gasteiger partial charge in [0, 0.05) is 6.08 Å². The van der Waals surface area contributed by atoms with E-state index in [0.29, 0.717) is 17.8 Å². The molecular formula is C16H26O2. The lowest BCUT2D eigenvalue weighted by atomic mass is 9.75. The van der Waals surface area contributed by atoms with Crippen molar-refractivity contribution in [3.8, 4) is 0 Å². The Morgan fingerprint density at radius 2 is 2.00 bits per heavy atom. The Bertz CT molecular complexity index is 315. The SMILES string of the molecule is C/C=C/C=C/C(=O)OC1CC(C)CCC1C(C)C. The summed E-state index contributed by atoms with van der Waals surface area (Å²) in [5, 5.41) is 0. The van der Waals surface area contributed by atoms with Crippen LogP contribution in [0.2, 0.25) is 0 Å². The van der Waals surface area contributed by atoms with Crippen molar-refractivity contribution in [2.24, 2.45) is 17.8 Å². The summed E-state index contributed by atoms with van der Waals surface area (Å²) in [5.41, 5.74) is 0. The van der Waals surface area contributed by atoms with Crippen molar-refractivity contribution in [1.29, 1.82) is 0 Å². The van der Waals surface area contributed by atoms with Gasteiger partial charge in [-0.05, 0) is 37.5 Å². The highest BCUT2D eigenvalue weighted by atomic mass is 16.5. The predicted octanol–water partition coefficient (Wildman–Crippen LogP) is 4.12. The lowest BCUT2D eigenvalue weighted by Crippen LogP contribution is -2.35. The summed E-state index contributed by atoms with van der Waals surface area (Å²) in [5.74, 6) is 1.55. The molecular weight excluding hydrogens is 224 g/mol. The van der Waals surface area contributed by atoms with Gasteiger partial charge in [0.25, 0.3) is 0 Å². The Morgan fingerprint density at radius 1 is 1.28 bits per heavy atom. The van der Waals surface area contributed by atoms with Crippen molar-refractivity contribution >= 4 is 5.97 Å². The first-order valence-corrected chi connectivity index (χ1v) is 7.04. The summed E-state index contributed by atoms with van der Waals surface area (Å²) < 4.78 is 5.62. The molecule has 0 spiro atoms. The summed E-state index contributed by atoms with van der Waals surface area (Å²) in [6.07, 6.45) is 10.5. The van der Waals surface area contributed by atoms with E-state index < -0.39 is 0 Å². The van der Waals surface area contributed by atoms with Crippen LogP contribution >= 0.6 is 0 Å². The molecule has 3 atom stereocenters. The van der Waals surface area contributed by atoms with Gasteiger partial charge in [-0.3, -0.25) is 0 Å². The number of carbonyl (C=O) groups is 1. The Balaban J connectivity index is 2.57. The third kappa shape index (κ3) is 4.67. The van der Waals surface area contributed by atoms with E-state index in [2.05, 4.69) is 20.8 Å². The molecule has 0 saturated heterocycles. The van der Waals surface area contributed by atoms with Crippen molar-refractivity contribution in [3.63, 3.8) is 0 Å². The van der Waals surface area contributed by atoms with Crippen LogP contribution in [-0.4, -0.2) is 12.1 Å². The van der Waals surface area contributed by atoms with E-state index in [0.717, 1.165) is 6.42 Å². The van der Waals surface area contributed by atoms with Gasteiger partial charge in [0.1, 0.15) is 6.10 Å². The van der Waals surface area contributed by atoms with Crippen LogP contribution in [0.3, 0.4) is 0 Å². The highest BCUT2D eigenvalue weighted by Gasteiger charge is 2.32. The van der Waals surface area contributed by atoms with Gasteiger partial charge in [-0.2, -0.15) is 0 Å². The summed E-state index contributed by atoms with van der Waals surface area (Å²) >= 11 is 0. The van der Waals surface area contributed by atoms with Crippen molar-refractivity contribution in [1.82, 2.24) is 0 Å². The minimum Gasteiger partial charge on any atom is -0.459 e. The summed E-state index contributed by atoms with van der Waals surface area (Å²) in [6.45, 7) is 8.61. The predicted molar refractivity (Wildman–Crippen MR) is 75.2 cm³/mol. The molecule has 0 heterocycles. The number of rotatable bonds is 4. The van der Waals surface area contributed by atoms with E-state index in [1.807, 2.05) is 19.1 Å². The minimum atomic E-state index is -0.210. The molecule has 2 heteroatoms. The van der Waals surface area contributed by atoms with Gasteiger partial charge < -0.3 is 4.74 Å². The van der Waals surface area contributed by atoms with Crippen LogP contribution in [0.1, 0.15) is 47.0 Å². The van der Waals surface area contributed by atoms with Crippen LogP contribution < -0.4 is 0 Å². The Morgan fingerprint density at radius 3 is 2.61 bits per heavy atom. The molecule has 0 radical (unpaired) electrons. The molecule has 0 aromatic carbocycles. The second-order valence-electron chi connectivity index (χ2n) is 5.69. The molecule has 0 amide bonds. The zero-order valence-electron chi connectivity index (χ0n) is 12.1. The van der Waals surface area contributed by atoms with Crippen molar-refractivity contribution in [3.05, 3.63) is 24.3 Å². The molecule has 0 aliphatic heterocycles. The molecule has 1 aliphatic rings. The first-order valence-electron chi connectivity index (χ1n) is 7.04. The number of allylic oxidation sites excluding steroid dienone is 3. The molecule has 1 fully saturated rings. The van der Waals surface area contributed by atoms with Gasteiger partial charge in [-0.1, -0.05) is 45.4 Å². The van der Waals surface area contributed by atoms with Crippen LogP contribution in [0.25, 0.3) is 0 Å². The molecule has 102 valence electrons. The Kier molecular flexibility index (Phi) is 6.17. The summed E-state index contributed by atoms with van der Waals surface area (Å²) in [7, 11) is 0.